The van der Waals surface area contributed by atoms with Crippen LogP contribution in [0.2, 0.25) is 0 Å². The fourth-order valence-corrected chi connectivity index (χ4v) is 0.800. The summed E-state index contributed by atoms with van der Waals surface area (Å²) in [6, 6.07) is 10.3. The van der Waals surface area contributed by atoms with Crippen LogP contribution in [0.5, 0.6) is 0 Å². The molecule has 0 amide bonds. The number of hydrogen-bond acceptors (Lipinski definition) is 2. The quantitative estimate of drug-likeness (QED) is 0.726. The molecule has 0 aliphatic carbocycles. The zero-order valence-corrected chi connectivity index (χ0v) is 7.95. The van der Waals surface area contributed by atoms with Crippen molar-refractivity contribution in [2.75, 3.05) is 7.05 Å². The number of carbonyl (C=O) groups is 1. The van der Waals surface area contributed by atoms with Crippen LogP contribution in [0.4, 0.5) is 0 Å². The Labute approximate surface area is 78.4 Å². The minimum absolute atomic E-state index is 0.833. The fourth-order valence-electron chi connectivity index (χ4n) is 0.800. The van der Waals surface area contributed by atoms with Gasteiger partial charge in [0.15, 0.2) is 0 Å². The van der Waals surface area contributed by atoms with E-state index in [1.54, 1.807) is 0 Å². The predicted octanol–water partition coefficient (Wildman–Crippen LogP) is 1.50. The smallest absolute Gasteiger partial charge is 0.300 e. The summed E-state index contributed by atoms with van der Waals surface area (Å²) in [6.45, 7) is 2.04. The lowest BCUT2D eigenvalue weighted by Gasteiger charge is -1.95. The maximum Gasteiger partial charge on any atom is 0.300 e. The topological polar surface area (TPSA) is 49.3 Å². The SMILES string of the molecule is CC(=O)O.CNCc1ccccc1. The normalized spacial score (nSPS) is 8.46. The van der Waals surface area contributed by atoms with Crippen molar-refractivity contribution < 1.29 is 9.90 Å². The van der Waals surface area contributed by atoms with Gasteiger partial charge in [-0.25, -0.2) is 0 Å². The number of hydrogen-bond donors (Lipinski definition) is 2. The van der Waals surface area contributed by atoms with Crippen molar-refractivity contribution in [3.8, 4) is 0 Å². The number of carboxylic acids is 1. The van der Waals surface area contributed by atoms with E-state index in [1.165, 1.54) is 5.56 Å². The Kier molecular flexibility index (Phi) is 6.55. The van der Waals surface area contributed by atoms with Crippen LogP contribution >= 0.6 is 0 Å². The molecule has 1 aromatic rings. The lowest BCUT2D eigenvalue weighted by molar-refractivity contribution is -0.134. The second-order valence-electron chi connectivity index (χ2n) is 2.53. The molecule has 0 aliphatic rings. The van der Waals surface area contributed by atoms with Crippen molar-refractivity contribution in [3.63, 3.8) is 0 Å². The maximum atomic E-state index is 9.00. The van der Waals surface area contributed by atoms with Gasteiger partial charge in [-0.1, -0.05) is 30.3 Å². The van der Waals surface area contributed by atoms with Gasteiger partial charge in [0.1, 0.15) is 0 Å². The van der Waals surface area contributed by atoms with Crippen LogP contribution in [0.1, 0.15) is 12.5 Å². The minimum atomic E-state index is -0.833. The van der Waals surface area contributed by atoms with Crippen LogP contribution in [-0.4, -0.2) is 18.1 Å². The van der Waals surface area contributed by atoms with Crippen molar-refractivity contribution in [2.45, 2.75) is 13.5 Å². The number of benzene rings is 1. The molecule has 0 unspecified atom stereocenters. The number of nitrogens with one attached hydrogen (secondary N) is 1. The highest BCUT2D eigenvalue weighted by molar-refractivity contribution is 5.62. The Morgan fingerprint density at radius 3 is 2.23 bits per heavy atom. The van der Waals surface area contributed by atoms with E-state index in [2.05, 4.69) is 17.4 Å². The van der Waals surface area contributed by atoms with Crippen molar-refractivity contribution >= 4 is 5.97 Å². The average molecular weight is 181 g/mol. The fraction of sp³-hybridized carbons (Fsp3) is 0.300. The van der Waals surface area contributed by atoms with Crippen LogP contribution in [0.15, 0.2) is 30.3 Å². The van der Waals surface area contributed by atoms with E-state index in [-0.39, 0.29) is 0 Å². The summed E-state index contributed by atoms with van der Waals surface area (Å²) in [7, 11) is 1.95. The Morgan fingerprint density at radius 1 is 1.38 bits per heavy atom. The summed E-state index contributed by atoms with van der Waals surface area (Å²) in [5.74, 6) is -0.833. The summed E-state index contributed by atoms with van der Waals surface area (Å²) >= 11 is 0. The largest absolute Gasteiger partial charge is 0.481 e. The first-order valence-corrected chi connectivity index (χ1v) is 4.05. The van der Waals surface area contributed by atoms with Crippen LogP contribution in [-0.2, 0) is 11.3 Å². The number of carboxylic acid groups (broad SMARTS) is 1. The van der Waals surface area contributed by atoms with Crippen molar-refractivity contribution in [3.05, 3.63) is 35.9 Å². The first-order chi connectivity index (χ1) is 6.16. The first kappa shape index (κ1) is 11.6. The molecule has 2 N–H and O–H groups in total. The van der Waals surface area contributed by atoms with Crippen molar-refractivity contribution in [2.24, 2.45) is 0 Å². The lowest BCUT2D eigenvalue weighted by Crippen LogP contribution is -2.04. The van der Waals surface area contributed by atoms with Crippen molar-refractivity contribution in [1.29, 1.82) is 0 Å². The first-order valence-electron chi connectivity index (χ1n) is 4.05. The summed E-state index contributed by atoms with van der Waals surface area (Å²) < 4.78 is 0. The summed E-state index contributed by atoms with van der Waals surface area (Å²) in [6.07, 6.45) is 0. The zero-order chi connectivity index (χ0) is 10.1. The monoisotopic (exact) mass is 181 g/mol. The molecule has 0 radical (unpaired) electrons. The molecule has 3 heteroatoms. The van der Waals surface area contributed by atoms with Gasteiger partial charge in [-0.3, -0.25) is 4.79 Å². The molecule has 0 heterocycles. The highest BCUT2D eigenvalue weighted by Crippen LogP contribution is 1.95. The average Bonchev–Trinajstić information content (AvgIpc) is 2.06. The molecular formula is C10H15NO2. The van der Waals surface area contributed by atoms with Crippen LogP contribution in [0.25, 0.3) is 0 Å². The minimum Gasteiger partial charge on any atom is -0.481 e. The summed E-state index contributed by atoms with van der Waals surface area (Å²) in [5.41, 5.74) is 1.33. The molecule has 0 bridgehead atoms. The summed E-state index contributed by atoms with van der Waals surface area (Å²) in [4.78, 5) is 9.00. The molecule has 1 rings (SSSR count). The molecule has 0 atom stereocenters. The summed E-state index contributed by atoms with van der Waals surface area (Å²) in [5, 5.41) is 10.5. The van der Waals surface area contributed by atoms with E-state index in [0.717, 1.165) is 13.5 Å². The third kappa shape index (κ3) is 8.56. The Hall–Kier alpha value is -1.35. The molecule has 1 aromatic carbocycles. The lowest BCUT2D eigenvalue weighted by atomic mass is 10.2. The van der Waals surface area contributed by atoms with Gasteiger partial charge in [-0.05, 0) is 12.6 Å². The van der Waals surface area contributed by atoms with Crippen LogP contribution in [0.3, 0.4) is 0 Å². The van der Waals surface area contributed by atoms with Crippen LogP contribution < -0.4 is 5.32 Å². The zero-order valence-electron chi connectivity index (χ0n) is 7.95. The molecule has 72 valence electrons. The standard InChI is InChI=1S/C8H11N.C2H4O2/c1-9-7-8-5-3-2-4-6-8;1-2(3)4/h2-6,9H,7H2,1H3;1H3,(H,3,4). The number of aliphatic carboxylic acids is 1. The van der Waals surface area contributed by atoms with E-state index in [0.29, 0.717) is 0 Å². The van der Waals surface area contributed by atoms with Crippen LogP contribution in [0, 0.1) is 0 Å². The molecule has 13 heavy (non-hydrogen) atoms. The predicted molar refractivity (Wildman–Crippen MR) is 52.5 cm³/mol. The van der Waals surface area contributed by atoms with E-state index in [1.807, 2.05) is 25.2 Å². The van der Waals surface area contributed by atoms with Gasteiger partial charge in [0.05, 0.1) is 0 Å². The maximum absolute atomic E-state index is 9.00. The molecular weight excluding hydrogens is 166 g/mol. The molecule has 0 saturated heterocycles. The van der Waals surface area contributed by atoms with Gasteiger partial charge >= 0.3 is 0 Å². The Bertz CT molecular complexity index is 230. The van der Waals surface area contributed by atoms with Gasteiger partial charge in [0.25, 0.3) is 5.97 Å². The van der Waals surface area contributed by atoms with E-state index >= 15 is 0 Å². The van der Waals surface area contributed by atoms with Gasteiger partial charge in [-0.2, -0.15) is 0 Å². The molecule has 0 fully saturated rings. The molecule has 0 aliphatic heterocycles. The van der Waals surface area contributed by atoms with Gasteiger partial charge in [0.2, 0.25) is 0 Å². The molecule has 0 spiro atoms. The van der Waals surface area contributed by atoms with Gasteiger partial charge in [0, 0.05) is 13.5 Å². The molecule has 0 aromatic heterocycles. The van der Waals surface area contributed by atoms with E-state index < -0.39 is 5.97 Å². The Balaban J connectivity index is 0.000000310. The van der Waals surface area contributed by atoms with E-state index in [4.69, 9.17) is 9.90 Å². The second kappa shape index (κ2) is 7.31. The third-order valence-corrected chi connectivity index (χ3v) is 1.22. The highest BCUT2D eigenvalue weighted by Gasteiger charge is 1.83. The molecule has 0 saturated carbocycles. The molecule has 3 nitrogen and oxygen atoms in total. The Morgan fingerprint density at radius 2 is 1.85 bits per heavy atom. The third-order valence-electron chi connectivity index (χ3n) is 1.22. The van der Waals surface area contributed by atoms with E-state index in [9.17, 15) is 0 Å². The highest BCUT2D eigenvalue weighted by atomic mass is 16.4. The number of rotatable bonds is 2. The van der Waals surface area contributed by atoms with Crippen molar-refractivity contribution in [1.82, 2.24) is 5.32 Å². The van der Waals surface area contributed by atoms with Gasteiger partial charge in [-0.15, -0.1) is 0 Å². The second-order valence-corrected chi connectivity index (χ2v) is 2.53. The van der Waals surface area contributed by atoms with Gasteiger partial charge < -0.3 is 10.4 Å².